The van der Waals surface area contributed by atoms with E-state index in [4.69, 9.17) is 13.9 Å². The van der Waals surface area contributed by atoms with E-state index in [1.54, 1.807) is 31.4 Å². The van der Waals surface area contributed by atoms with Crippen LogP contribution in [0.3, 0.4) is 0 Å². The molecule has 0 radical (unpaired) electrons. The SMILES string of the molecule is CCOC(=O)c1oc2c(C)c(OCC)ccc2c(=O)c1-c1csc(C)n1. The number of ether oxygens (including phenoxy) is 2. The normalized spacial score (nSPS) is 10.9. The number of thiazole rings is 1. The van der Waals surface area contributed by atoms with E-state index in [2.05, 4.69) is 4.98 Å². The van der Waals surface area contributed by atoms with Gasteiger partial charge in [-0.05, 0) is 39.8 Å². The fraction of sp³-hybridized carbons (Fsp3) is 0.316. The standard InChI is InChI=1S/C19H19NO5S/c1-5-23-14-8-7-12-16(21)15(13-9-26-11(4)20-13)18(19(22)24-6-2)25-17(12)10(14)3/h7-9H,5-6H2,1-4H3. The maximum Gasteiger partial charge on any atom is 0.375 e. The maximum absolute atomic E-state index is 13.1. The van der Waals surface area contributed by atoms with Crippen molar-refractivity contribution in [1.82, 2.24) is 4.98 Å². The van der Waals surface area contributed by atoms with Crippen LogP contribution in [-0.2, 0) is 4.74 Å². The van der Waals surface area contributed by atoms with Gasteiger partial charge in [0, 0.05) is 10.9 Å². The summed E-state index contributed by atoms with van der Waals surface area (Å²) >= 11 is 1.40. The van der Waals surface area contributed by atoms with Gasteiger partial charge >= 0.3 is 5.97 Å². The minimum Gasteiger partial charge on any atom is -0.493 e. The zero-order valence-electron chi connectivity index (χ0n) is 15.0. The third kappa shape index (κ3) is 3.10. The lowest BCUT2D eigenvalue weighted by atomic mass is 10.0. The quantitative estimate of drug-likeness (QED) is 0.626. The molecule has 7 heteroatoms. The molecule has 3 rings (SSSR count). The van der Waals surface area contributed by atoms with Crippen molar-refractivity contribution in [2.24, 2.45) is 0 Å². The van der Waals surface area contributed by atoms with Crippen molar-refractivity contribution < 1.29 is 18.7 Å². The van der Waals surface area contributed by atoms with Gasteiger partial charge in [-0.2, -0.15) is 0 Å². The second-order valence-electron chi connectivity index (χ2n) is 5.61. The first-order valence-corrected chi connectivity index (χ1v) is 9.18. The number of benzene rings is 1. The summed E-state index contributed by atoms with van der Waals surface area (Å²) in [5, 5.41) is 2.90. The highest BCUT2D eigenvalue weighted by Gasteiger charge is 2.25. The van der Waals surface area contributed by atoms with Crippen molar-refractivity contribution in [2.75, 3.05) is 13.2 Å². The Morgan fingerprint density at radius 3 is 2.62 bits per heavy atom. The number of rotatable bonds is 5. The fourth-order valence-corrected chi connectivity index (χ4v) is 3.34. The Bertz CT molecular complexity index is 1030. The number of esters is 1. The van der Waals surface area contributed by atoms with E-state index in [0.29, 0.717) is 34.6 Å². The lowest BCUT2D eigenvalue weighted by Gasteiger charge is -2.12. The predicted octanol–water partition coefficient (Wildman–Crippen LogP) is 4.11. The molecular weight excluding hydrogens is 354 g/mol. The van der Waals surface area contributed by atoms with Crippen molar-refractivity contribution in [2.45, 2.75) is 27.7 Å². The molecular formula is C19H19NO5S. The summed E-state index contributed by atoms with van der Waals surface area (Å²) in [7, 11) is 0. The summed E-state index contributed by atoms with van der Waals surface area (Å²) in [4.78, 5) is 29.9. The Kier molecular flexibility index (Phi) is 5.08. The Balaban J connectivity index is 2.36. The third-order valence-electron chi connectivity index (χ3n) is 3.89. The van der Waals surface area contributed by atoms with Gasteiger partial charge in [-0.15, -0.1) is 11.3 Å². The average Bonchev–Trinajstić information content (AvgIpc) is 3.03. The van der Waals surface area contributed by atoms with Gasteiger partial charge in [0.1, 0.15) is 11.3 Å². The molecule has 0 atom stereocenters. The van der Waals surface area contributed by atoms with Gasteiger partial charge in [0.25, 0.3) is 0 Å². The molecule has 0 saturated heterocycles. The highest BCUT2D eigenvalue weighted by molar-refractivity contribution is 7.09. The van der Waals surface area contributed by atoms with Gasteiger partial charge in [0.15, 0.2) is 0 Å². The van der Waals surface area contributed by atoms with Gasteiger partial charge < -0.3 is 13.9 Å². The van der Waals surface area contributed by atoms with Crippen LogP contribution in [0.1, 0.15) is 35.0 Å². The first-order chi connectivity index (χ1) is 12.5. The second-order valence-corrected chi connectivity index (χ2v) is 6.67. The summed E-state index contributed by atoms with van der Waals surface area (Å²) in [6.45, 7) is 7.85. The van der Waals surface area contributed by atoms with Crippen LogP contribution in [0.15, 0.2) is 26.7 Å². The summed E-state index contributed by atoms with van der Waals surface area (Å²) in [5.74, 6) is -0.213. The molecule has 0 aliphatic carbocycles. The molecule has 1 aromatic carbocycles. The molecule has 0 saturated carbocycles. The van der Waals surface area contributed by atoms with E-state index in [1.807, 2.05) is 13.8 Å². The molecule has 2 aromatic heterocycles. The minimum atomic E-state index is -0.687. The average molecular weight is 373 g/mol. The fourth-order valence-electron chi connectivity index (χ4n) is 2.74. The van der Waals surface area contributed by atoms with Gasteiger partial charge in [0.05, 0.1) is 34.9 Å². The van der Waals surface area contributed by atoms with Crippen LogP contribution in [0.4, 0.5) is 0 Å². The highest BCUT2D eigenvalue weighted by atomic mass is 32.1. The molecule has 0 unspecified atom stereocenters. The monoisotopic (exact) mass is 373 g/mol. The van der Waals surface area contributed by atoms with E-state index in [0.717, 1.165) is 5.01 Å². The molecule has 0 aliphatic heterocycles. The highest BCUT2D eigenvalue weighted by Crippen LogP contribution is 2.31. The Morgan fingerprint density at radius 2 is 2.00 bits per heavy atom. The molecule has 0 aliphatic rings. The van der Waals surface area contributed by atoms with E-state index in [9.17, 15) is 9.59 Å². The second kappa shape index (κ2) is 7.29. The number of aromatic nitrogens is 1. The van der Waals surface area contributed by atoms with Crippen molar-refractivity contribution in [3.8, 4) is 17.0 Å². The molecule has 6 nitrogen and oxygen atoms in total. The topological polar surface area (TPSA) is 78.6 Å². The number of hydrogen-bond acceptors (Lipinski definition) is 7. The summed E-state index contributed by atoms with van der Waals surface area (Å²) in [6, 6.07) is 3.38. The molecule has 2 heterocycles. The zero-order valence-corrected chi connectivity index (χ0v) is 15.9. The molecule has 26 heavy (non-hydrogen) atoms. The molecule has 0 bridgehead atoms. The molecule has 0 spiro atoms. The third-order valence-corrected chi connectivity index (χ3v) is 4.67. The Labute approximate surface area is 154 Å². The van der Waals surface area contributed by atoms with Crippen molar-refractivity contribution >= 4 is 28.3 Å². The predicted molar refractivity (Wildman–Crippen MR) is 100 cm³/mol. The molecule has 0 amide bonds. The van der Waals surface area contributed by atoms with Crippen LogP contribution >= 0.6 is 11.3 Å². The van der Waals surface area contributed by atoms with Crippen molar-refractivity contribution in [3.63, 3.8) is 0 Å². The minimum absolute atomic E-state index is 0.129. The lowest BCUT2D eigenvalue weighted by molar-refractivity contribution is 0.0492. The number of carbonyl (C=O) groups excluding carboxylic acids is 1. The van der Waals surface area contributed by atoms with Gasteiger partial charge in [0.2, 0.25) is 11.2 Å². The van der Waals surface area contributed by atoms with Crippen LogP contribution in [0.25, 0.3) is 22.2 Å². The van der Waals surface area contributed by atoms with Crippen LogP contribution in [0.2, 0.25) is 0 Å². The van der Waals surface area contributed by atoms with Gasteiger partial charge in [-0.3, -0.25) is 4.79 Å². The molecule has 136 valence electrons. The van der Waals surface area contributed by atoms with E-state index in [-0.39, 0.29) is 23.4 Å². The molecule has 3 aromatic rings. The molecule has 0 N–H and O–H groups in total. The number of aryl methyl sites for hydroxylation is 2. The number of hydrogen-bond donors (Lipinski definition) is 0. The van der Waals surface area contributed by atoms with Crippen LogP contribution < -0.4 is 10.2 Å². The van der Waals surface area contributed by atoms with E-state index < -0.39 is 5.97 Å². The summed E-state index contributed by atoms with van der Waals surface area (Å²) < 4.78 is 16.5. The first-order valence-electron chi connectivity index (χ1n) is 8.30. The largest absolute Gasteiger partial charge is 0.493 e. The number of nitrogens with zero attached hydrogens (tertiary/aromatic N) is 1. The van der Waals surface area contributed by atoms with Crippen LogP contribution in [0.5, 0.6) is 5.75 Å². The van der Waals surface area contributed by atoms with Crippen molar-refractivity contribution in [1.29, 1.82) is 0 Å². The number of carbonyl (C=O) groups is 1. The van der Waals surface area contributed by atoms with Crippen LogP contribution in [-0.4, -0.2) is 24.2 Å². The summed E-state index contributed by atoms with van der Waals surface area (Å²) in [5.41, 5.74) is 1.21. The van der Waals surface area contributed by atoms with Gasteiger partial charge in [-0.1, -0.05) is 0 Å². The Morgan fingerprint density at radius 1 is 1.23 bits per heavy atom. The Hall–Kier alpha value is -2.67. The summed E-state index contributed by atoms with van der Waals surface area (Å²) in [6.07, 6.45) is 0. The maximum atomic E-state index is 13.1. The molecule has 0 fully saturated rings. The zero-order chi connectivity index (χ0) is 18.8. The van der Waals surface area contributed by atoms with E-state index >= 15 is 0 Å². The number of fused-ring (bicyclic) bond motifs is 1. The first kappa shape index (κ1) is 18.1. The van der Waals surface area contributed by atoms with E-state index in [1.165, 1.54) is 11.3 Å². The lowest BCUT2D eigenvalue weighted by Crippen LogP contribution is -2.15. The smallest absolute Gasteiger partial charge is 0.375 e. The van der Waals surface area contributed by atoms with Crippen LogP contribution in [0, 0.1) is 13.8 Å². The van der Waals surface area contributed by atoms with Gasteiger partial charge in [-0.25, -0.2) is 9.78 Å². The van der Waals surface area contributed by atoms with Crippen molar-refractivity contribution in [3.05, 3.63) is 44.1 Å².